The Kier molecular flexibility index (Phi) is 4.49. The topological polar surface area (TPSA) is 15.6 Å². The van der Waals surface area contributed by atoms with E-state index in [2.05, 4.69) is 72.5 Å². The third-order valence-electron chi connectivity index (χ3n) is 4.15. The molecule has 0 N–H and O–H groups in total. The number of hydrogen-bond acceptors (Lipinski definition) is 2. The molecule has 4 rings (SSSR count). The second kappa shape index (κ2) is 6.55. The molecule has 2 nitrogen and oxygen atoms in total. The van der Waals surface area contributed by atoms with Gasteiger partial charge in [0.2, 0.25) is 0 Å². The van der Waals surface area contributed by atoms with Gasteiger partial charge >= 0.3 is 0 Å². The summed E-state index contributed by atoms with van der Waals surface area (Å²) in [5, 5.41) is 2.58. The van der Waals surface area contributed by atoms with Gasteiger partial charge in [-0.05, 0) is 23.9 Å². The lowest BCUT2D eigenvalue weighted by Crippen LogP contribution is -2.28. The van der Waals surface area contributed by atoms with Crippen LogP contribution in [-0.4, -0.2) is 18.9 Å². The smallest absolute Gasteiger partial charge is 0.135 e. The highest BCUT2D eigenvalue weighted by atomic mass is 79.9. The van der Waals surface area contributed by atoms with Gasteiger partial charge in [0.15, 0.2) is 0 Å². The quantitative estimate of drug-likeness (QED) is 0.623. The molecule has 1 aliphatic rings. The molecule has 0 saturated heterocycles. The Balaban J connectivity index is 0.00000156. The Morgan fingerprint density at radius 3 is 2.48 bits per heavy atom. The lowest BCUT2D eigenvalue weighted by atomic mass is 10.0. The number of nitrogens with zero attached hydrogens (tertiary/aromatic N) is 2. The maximum Gasteiger partial charge on any atom is 0.135 e. The fraction of sp³-hybridized carbons (Fsp3) is 0.150. The molecule has 0 bridgehead atoms. The van der Waals surface area contributed by atoms with Gasteiger partial charge in [-0.2, -0.15) is 0 Å². The predicted molar refractivity (Wildman–Crippen MR) is 104 cm³/mol. The summed E-state index contributed by atoms with van der Waals surface area (Å²) in [6.07, 6.45) is 0. The normalized spacial score (nSPS) is 13.8. The number of benzene rings is 3. The minimum Gasteiger partial charge on any atom is -0.324 e. The van der Waals surface area contributed by atoms with Gasteiger partial charge < -0.3 is 4.90 Å². The van der Waals surface area contributed by atoms with Crippen LogP contribution in [0.3, 0.4) is 0 Å². The van der Waals surface area contributed by atoms with Crippen molar-refractivity contribution in [1.29, 1.82) is 0 Å². The molecule has 1 aliphatic heterocycles. The maximum absolute atomic E-state index is 4.74. The van der Waals surface area contributed by atoms with Crippen LogP contribution in [0.15, 0.2) is 71.7 Å². The molecule has 0 atom stereocenters. The van der Waals surface area contributed by atoms with E-state index in [0.717, 1.165) is 18.9 Å². The van der Waals surface area contributed by atoms with Crippen LogP contribution in [0, 0.1) is 6.92 Å². The highest BCUT2D eigenvalue weighted by Gasteiger charge is 2.21. The van der Waals surface area contributed by atoms with E-state index in [1.54, 1.807) is 0 Å². The van der Waals surface area contributed by atoms with E-state index in [1.165, 1.54) is 27.6 Å². The Bertz CT molecular complexity index is 856. The van der Waals surface area contributed by atoms with E-state index in [1.807, 2.05) is 6.07 Å². The Labute approximate surface area is 147 Å². The zero-order valence-electron chi connectivity index (χ0n) is 13.1. The number of amidine groups is 1. The van der Waals surface area contributed by atoms with Crippen LogP contribution < -0.4 is 4.90 Å². The highest BCUT2D eigenvalue weighted by Crippen LogP contribution is 2.31. The Morgan fingerprint density at radius 2 is 1.65 bits per heavy atom. The standard InChI is InChI=1S/C20H18N2.BrH/c1-15-13-17-9-5-6-10-18(17)19(14-15)22-12-11-21-20(22)16-7-3-2-4-8-16;/h2-10,13-14H,11-12H2,1H3;1H. The molecule has 0 radical (unpaired) electrons. The van der Waals surface area contributed by atoms with E-state index in [4.69, 9.17) is 4.99 Å². The van der Waals surface area contributed by atoms with E-state index in [0.29, 0.717) is 0 Å². The second-order valence-electron chi connectivity index (χ2n) is 5.73. The molecule has 0 spiro atoms. The molecular formula is C20H19BrN2. The molecule has 0 unspecified atom stereocenters. The summed E-state index contributed by atoms with van der Waals surface area (Å²) in [6, 6.07) is 23.6. The maximum atomic E-state index is 4.74. The van der Waals surface area contributed by atoms with Crippen molar-refractivity contribution >= 4 is 39.3 Å². The van der Waals surface area contributed by atoms with Gasteiger partial charge in [0.05, 0.1) is 12.2 Å². The van der Waals surface area contributed by atoms with Crippen LogP contribution in [0.2, 0.25) is 0 Å². The highest BCUT2D eigenvalue weighted by molar-refractivity contribution is 8.93. The molecule has 23 heavy (non-hydrogen) atoms. The minimum atomic E-state index is 0. The summed E-state index contributed by atoms with van der Waals surface area (Å²) >= 11 is 0. The van der Waals surface area contributed by atoms with Crippen molar-refractivity contribution in [2.24, 2.45) is 4.99 Å². The van der Waals surface area contributed by atoms with E-state index in [-0.39, 0.29) is 17.0 Å². The van der Waals surface area contributed by atoms with Crippen LogP contribution >= 0.6 is 17.0 Å². The molecule has 3 heteroatoms. The van der Waals surface area contributed by atoms with Crippen molar-refractivity contribution in [2.45, 2.75) is 6.92 Å². The van der Waals surface area contributed by atoms with E-state index < -0.39 is 0 Å². The largest absolute Gasteiger partial charge is 0.324 e. The first kappa shape index (κ1) is 15.8. The van der Waals surface area contributed by atoms with Crippen LogP contribution in [0.1, 0.15) is 11.1 Å². The Morgan fingerprint density at radius 1 is 0.913 bits per heavy atom. The van der Waals surface area contributed by atoms with E-state index in [9.17, 15) is 0 Å². The van der Waals surface area contributed by atoms with Crippen LogP contribution in [0.5, 0.6) is 0 Å². The number of aryl methyl sites for hydroxylation is 1. The predicted octanol–water partition coefficient (Wildman–Crippen LogP) is 4.99. The third-order valence-corrected chi connectivity index (χ3v) is 4.15. The SMILES string of the molecule is Br.Cc1cc(N2CCN=C2c2ccccc2)c2ccccc2c1. The number of anilines is 1. The lowest BCUT2D eigenvalue weighted by Gasteiger charge is -2.23. The number of halogens is 1. The number of rotatable bonds is 2. The fourth-order valence-corrected chi connectivity index (χ4v) is 3.18. The zero-order chi connectivity index (χ0) is 14.9. The van der Waals surface area contributed by atoms with Gasteiger partial charge in [0.25, 0.3) is 0 Å². The summed E-state index contributed by atoms with van der Waals surface area (Å²) in [7, 11) is 0. The van der Waals surface area contributed by atoms with Gasteiger partial charge in [0.1, 0.15) is 5.84 Å². The molecular weight excluding hydrogens is 348 g/mol. The minimum absolute atomic E-state index is 0. The lowest BCUT2D eigenvalue weighted by molar-refractivity contribution is 1.02. The first-order valence-electron chi connectivity index (χ1n) is 7.70. The summed E-state index contributed by atoms with van der Waals surface area (Å²) in [6.45, 7) is 3.95. The average molecular weight is 367 g/mol. The molecule has 0 aliphatic carbocycles. The van der Waals surface area contributed by atoms with Crippen LogP contribution in [-0.2, 0) is 0 Å². The fourth-order valence-electron chi connectivity index (χ4n) is 3.18. The number of hydrogen-bond donors (Lipinski definition) is 0. The first-order chi connectivity index (χ1) is 10.8. The average Bonchev–Trinajstić information content (AvgIpc) is 3.04. The van der Waals surface area contributed by atoms with Crippen molar-refractivity contribution < 1.29 is 0 Å². The first-order valence-corrected chi connectivity index (χ1v) is 7.70. The van der Waals surface area contributed by atoms with Crippen molar-refractivity contribution in [1.82, 2.24) is 0 Å². The molecule has 0 amide bonds. The Hall–Kier alpha value is -2.13. The van der Waals surface area contributed by atoms with Gasteiger partial charge in [0, 0.05) is 17.5 Å². The van der Waals surface area contributed by atoms with Crippen LogP contribution in [0.4, 0.5) is 5.69 Å². The van der Waals surface area contributed by atoms with Crippen molar-refractivity contribution in [3.05, 3.63) is 77.9 Å². The van der Waals surface area contributed by atoms with Gasteiger partial charge in [-0.1, -0.05) is 60.7 Å². The molecule has 3 aromatic carbocycles. The summed E-state index contributed by atoms with van der Waals surface area (Å²) in [5.41, 5.74) is 3.73. The molecule has 116 valence electrons. The summed E-state index contributed by atoms with van der Waals surface area (Å²) in [5.74, 6) is 1.08. The van der Waals surface area contributed by atoms with Crippen molar-refractivity contribution in [3.63, 3.8) is 0 Å². The van der Waals surface area contributed by atoms with Crippen molar-refractivity contribution in [3.8, 4) is 0 Å². The number of fused-ring (bicyclic) bond motifs is 1. The zero-order valence-corrected chi connectivity index (χ0v) is 14.8. The molecule has 0 aromatic heterocycles. The van der Waals surface area contributed by atoms with E-state index >= 15 is 0 Å². The van der Waals surface area contributed by atoms with Gasteiger partial charge in [-0.15, -0.1) is 17.0 Å². The van der Waals surface area contributed by atoms with Crippen molar-refractivity contribution in [2.75, 3.05) is 18.0 Å². The molecule has 1 heterocycles. The summed E-state index contributed by atoms with van der Waals surface area (Å²) < 4.78 is 0. The monoisotopic (exact) mass is 366 g/mol. The molecule has 0 saturated carbocycles. The van der Waals surface area contributed by atoms with Gasteiger partial charge in [-0.3, -0.25) is 4.99 Å². The molecule has 0 fully saturated rings. The number of aliphatic imine (C=N–C) groups is 1. The third kappa shape index (κ3) is 2.89. The molecule has 3 aromatic rings. The summed E-state index contributed by atoms with van der Waals surface area (Å²) in [4.78, 5) is 7.09. The van der Waals surface area contributed by atoms with Gasteiger partial charge in [-0.25, -0.2) is 0 Å². The van der Waals surface area contributed by atoms with Crippen LogP contribution in [0.25, 0.3) is 10.8 Å². The second-order valence-corrected chi connectivity index (χ2v) is 5.73.